The highest BCUT2D eigenvalue weighted by molar-refractivity contribution is 6.32. The van der Waals surface area contributed by atoms with Gasteiger partial charge >= 0.3 is 5.97 Å². The van der Waals surface area contributed by atoms with Gasteiger partial charge in [-0.3, -0.25) is 4.79 Å². The molecule has 0 aliphatic heterocycles. The Hall–Kier alpha value is -2.27. The molecule has 2 aromatic rings. The Labute approximate surface area is 120 Å². The molecular weight excluding hydrogens is 282 g/mol. The molecule has 6 heteroatoms. The fourth-order valence-electron chi connectivity index (χ4n) is 1.74. The van der Waals surface area contributed by atoms with E-state index in [4.69, 9.17) is 16.0 Å². The summed E-state index contributed by atoms with van der Waals surface area (Å²) in [6, 6.07) is 9.41. The minimum atomic E-state index is -1.11. The predicted molar refractivity (Wildman–Crippen MR) is 72.8 cm³/mol. The van der Waals surface area contributed by atoms with Crippen LogP contribution in [0.3, 0.4) is 0 Å². The van der Waals surface area contributed by atoms with Gasteiger partial charge in [0, 0.05) is 6.42 Å². The Kier molecular flexibility index (Phi) is 4.42. The van der Waals surface area contributed by atoms with Gasteiger partial charge in [-0.05, 0) is 23.2 Å². The van der Waals surface area contributed by atoms with Gasteiger partial charge in [-0.2, -0.15) is 0 Å². The van der Waals surface area contributed by atoms with Crippen molar-refractivity contribution in [2.75, 3.05) is 0 Å². The normalized spacial score (nSPS) is 11.8. The number of halogens is 1. The Morgan fingerprint density at radius 2 is 1.95 bits per heavy atom. The predicted octanol–water partition coefficient (Wildman–Crippen LogP) is 2.36. The highest BCUT2D eigenvalue weighted by Gasteiger charge is 2.23. The number of carbonyl (C=O) groups is 2. The smallest absolute Gasteiger partial charge is 0.326 e. The molecular formula is C14H12ClNO4. The third-order valence-electron chi connectivity index (χ3n) is 2.75. The number of hydrogen-bond donors (Lipinski definition) is 2. The molecule has 0 unspecified atom stereocenters. The van der Waals surface area contributed by atoms with Crippen LogP contribution in [0.4, 0.5) is 0 Å². The monoisotopic (exact) mass is 293 g/mol. The molecule has 1 heterocycles. The van der Waals surface area contributed by atoms with Crippen LogP contribution >= 0.6 is 11.6 Å². The van der Waals surface area contributed by atoms with Crippen molar-refractivity contribution in [3.05, 3.63) is 59.0 Å². The van der Waals surface area contributed by atoms with Crippen LogP contribution in [0.2, 0.25) is 5.22 Å². The lowest BCUT2D eigenvalue weighted by Gasteiger charge is -2.14. The molecule has 0 saturated carbocycles. The molecule has 0 radical (unpaired) electrons. The molecule has 104 valence electrons. The average Bonchev–Trinajstić information content (AvgIpc) is 2.85. The summed E-state index contributed by atoms with van der Waals surface area (Å²) in [4.78, 5) is 23.1. The lowest BCUT2D eigenvalue weighted by atomic mass is 10.1. The highest BCUT2D eigenvalue weighted by atomic mass is 35.5. The zero-order valence-electron chi connectivity index (χ0n) is 10.4. The molecule has 0 bridgehead atoms. The molecule has 0 aliphatic rings. The molecule has 1 atom stereocenters. The van der Waals surface area contributed by atoms with Gasteiger partial charge < -0.3 is 14.8 Å². The first kappa shape index (κ1) is 14.1. The topological polar surface area (TPSA) is 79.5 Å². The van der Waals surface area contributed by atoms with Gasteiger partial charge in [-0.25, -0.2) is 4.79 Å². The molecule has 1 amide bonds. The van der Waals surface area contributed by atoms with Crippen molar-refractivity contribution < 1.29 is 19.1 Å². The van der Waals surface area contributed by atoms with Gasteiger partial charge in [0.1, 0.15) is 6.04 Å². The minimum Gasteiger partial charge on any atom is -0.480 e. The van der Waals surface area contributed by atoms with Crippen LogP contribution in [-0.2, 0) is 11.2 Å². The SMILES string of the molecule is O=C(N[C@H](Cc1ccccc1)C(=O)O)c1ccoc1Cl. The van der Waals surface area contributed by atoms with E-state index in [0.717, 1.165) is 5.56 Å². The van der Waals surface area contributed by atoms with E-state index in [2.05, 4.69) is 5.32 Å². The van der Waals surface area contributed by atoms with E-state index in [1.165, 1.54) is 12.3 Å². The summed E-state index contributed by atoms with van der Waals surface area (Å²) in [5.74, 6) is -1.69. The fraction of sp³-hybridized carbons (Fsp3) is 0.143. The molecule has 1 aromatic carbocycles. The summed E-state index contributed by atoms with van der Waals surface area (Å²) in [6.45, 7) is 0. The number of amides is 1. The zero-order valence-corrected chi connectivity index (χ0v) is 11.1. The van der Waals surface area contributed by atoms with E-state index in [1.807, 2.05) is 18.2 Å². The van der Waals surface area contributed by atoms with Crippen molar-refractivity contribution in [2.24, 2.45) is 0 Å². The minimum absolute atomic E-state index is 0.0636. The van der Waals surface area contributed by atoms with E-state index in [1.54, 1.807) is 12.1 Å². The maximum absolute atomic E-state index is 11.9. The summed E-state index contributed by atoms with van der Waals surface area (Å²) in [6.07, 6.45) is 1.46. The first-order valence-electron chi connectivity index (χ1n) is 5.88. The number of hydrogen-bond acceptors (Lipinski definition) is 3. The van der Waals surface area contributed by atoms with Gasteiger partial charge in [0.2, 0.25) is 5.22 Å². The largest absolute Gasteiger partial charge is 0.480 e. The number of carbonyl (C=O) groups excluding carboxylic acids is 1. The average molecular weight is 294 g/mol. The van der Waals surface area contributed by atoms with Crippen LogP contribution in [0.1, 0.15) is 15.9 Å². The van der Waals surface area contributed by atoms with Gasteiger partial charge in [-0.15, -0.1) is 0 Å². The fourth-order valence-corrected chi connectivity index (χ4v) is 1.94. The van der Waals surface area contributed by atoms with Crippen molar-refractivity contribution in [3.8, 4) is 0 Å². The second-order valence-corrected chi connectivity index (χ2v) is 4.51. The van der Waals surface area contributed by atoms with Crippen molar-refractivity contribution in [2.45, 2.75) is 12.5 Å². The summed E-state index contributed by atoms with van der Waals surface area (Å²) in [7, 11) is 0. The third kappa shape index (κ3) is 3.39. The Morgan fingerprint density at radius 1 is 1.25 bits per heavy atom. The Bertz CT molecular complexity index is 609. The summed E-state index contributed by atoms with van der Waals surface area (Å²) < 4.78 is 4.80. The second-order valence-electron chi connectivity index (χ2n) is 4.16. The number of carboxylic acid groups (broad SMARTS) is 1. The zero-order chi connectivity index (χ0) is 14.5. The summed E-state index contributed by atoms with van der Waals surface area (Å²) in [5, 5.41) is 11.5. The number of rotatable bonds is 5. The first-order valence-corrected chi connectivity index (χ1v) is 6.26. The van der Waals surface area contributed by atoms with Gasteiger partial charge in [-0.1, -0.05) is 30.3 Å². The van der Waals surface area contributed by atoms with E-state index in [9.17, 15) is 14.7 Å². The van der Waals surface area contributed by atoms with Crippen molar-refractivity contribution in [1.29, 1.82) is 0 Å². The van der Waals surface area contributed by atoms with E-state index in [0.29, 0.717) is 0 Å². The highest BCUT2D eigenvalue weighted by Crippen LogP contribution is 2.16. The van der Waals surface area contributed by atoms with Crippen LogP contribution in [0, 0.1) is 0 Å². The number of nitrogens with one attached hydrogen (secondary N) is 1. The van der Waals surface area contributed by atoms with Crippen LogP contribution in [0.5, 0.6) is 0 Å². The summed E-state index contributed by atoms with van der Waals surface area (Å²) in [5.41, 5.74) is 0.935. The van der Waals surface area contributed by atoms with Crippen LogP contribution in [0.15, 0.2) is 47.1 Å². The molecule has 0 spiro atoms. The molecule has 2 N–H and O–H groups in total. The van der Waals surface area contributed by atoms with Crippen molar-refractivity contribution in [1.82, 2.24) is 5.32 Å². The number of furan rings is 1. The molecule has 1 aromatic heterocycles. The molecule has 0 fully saturated rings. The third-order valence-corrected chi connectivity index (χ3v) is 3.04. The number of aliphatic carboxylic acids is 1. The maximum Gasteiger partial charge on any atom is 0.326 e. The van der Waals surface area contributed by atoms with Crippen LogP contribution < -0.4 is 5.32 Å². The van der Waals surface area contributed by atoms with Crippen LogP contribution in [-0.4, -0.2) is 23.0 Å². The lowest BCUT2D eigenvalue weighted by Crippen LogP contribution is -2.42. The molecule has 2 rings (SSSR count). The van der Waals surface area contributed by atoms with E-state index >= 15 is 0 Å². The molecule has 0 saturated heterocycles. The van der Waals surface area contributed by atoms with E-state index in [-0.39, 0.29) is 17.2 Å². The first-order chi connectivity index (χ1) is 9.58. The molecule has 5 nitrogen and oxygen atoms in total. The van der Waals surface area contributed by atoms with Crippen molar-refractivity contribution in [3.63, 3.8) is 0 Å². The van der Waals surface area contributed by atoms with Gasteiger partial charge in [0.05, 0.1) is 11.8 Å². The maximum atomic E-state index is 11.9. The second kappa shape index (κ2) is 6.25. The van der Waals surface area contributed by atoms with Crippen molar-refractivity contribution >= 4 is 23.5 Å². The molecule has 20 heavy (non-hydrogen) atoms. The number of benzene rings is 1. The number of carboxylic acids is 1. The van der Waals surface area contributed by atoms with Gasteiger partial charge in [0.25, 0.3) is 5.91 Å². The lowest BCUT2D eigenvalue weighted by molar-refractivity contribution is -0.139. The standard InChI is InChI=1S/C14H12ClNO4/c15-12-10(6-7-20-12)13(17)16-11(14(18)19)8-9-4-2-1-3-5-9/h1-7,11H,8H2,(H,16,17)(H,18,19)/t11-/m1/s1. The van der Waals surface area contributed by atoms with Crippen LogP contribution in [0.25, 0.3) is 0 Å². The quantitative estimate of drug-likeness (QED) is 0.887. The molecule has 0 aliphatic carbocycles. The van der Waals surface area contributed by atoms with E-state index < -0.39 is 17.9 Å². The van der Waals surface area contributed by atoms with Gasteiger partial charge in [0.15, 0.2) is 0 Å². The summed E-state index contributed by atoms with van der Waals surface area (Å²) >= 11 is 5.68. The Balaban J connectivity index is 2.09. The Morgan fingerprint density at radius 3 is 2.50 bits per heavy atom.